The normalized spacial score (nSPS) is 25.9. The van der Waals surface area contributed by atoms with E-state index in [1.165, 1.54) is 0 Å². The molecule has 11 heteroatoms. The first kappa shape index (κ1) is 23.0. The molecule has 1 amide bonds. The third-order valence-corrected chi connectivity index (χ3v) is 4.95. The minimum absolute atomic E-state index is 0.0332. The maximum absolute atomic E-state index is 14.5. The lowest BCUT2D eigenvalue weighted by Gasteiger charge is -2.31. The molecular formula is C20H22F4N2O5. The molecule has 1 N–H and O–H groups in total. The van der Waals surface area contributed by atoms with Gasteiger partial charge in [0.2, 0.25) is 0 Å². The van der Waals surface area contributed by atoms with Crippen LogP contribution in [-0.4, -0.2) is 54.0 Å². The van der Waals surface area contributed by atoms with Crippen LogP contribution in [0.5, 0.6) is 0 Å². The van der Waals surface area contributed by atoms with Gasteiger partial charge >= 0.3 is 5.97 Å². The lowest BCUT2D eigenvalue weighted by atomic mass is 9.87. The number of benzene rings is 1. The molecule has 7 nitrogen and oxygen atoms in total. The first-order valence-electron chi connectivity index (χ1n) is 9.63. The number of nitrogens with zero attached hydrogens (tertiary/aromatic N) is 1. The van der Waals surface area contributed by atoms with Crippen LogP contribution >= 0.6 is 0 Å². The van der Waals surface area contributed by atoms with Crippen molar-refractivity contribution < 1.29 is 41.5 Å². The predicted molar refractivity (Wildman–Crippen MR) is 99.5 cm³/mol. The fourth-order valence-electron chi connectivity index (χ4n) is 3.37. The summed E-state index contributed by atoms with van der Waals surface area (Å²) in [5, 5.41) is 5.92. The van der Waals surface area contributed by atoms with Crippen LogP contribution in [0.15, 0.2) is 23.4 Å². The number of nitrogens with one attached hydrogen (secondary N) is 1. The van der Waals surface area contributed by atoms with Crippen molar-refractivity contribution in [3.05, 3.63) is 35.4 Å². The number of halogens is 4. The monoisotopic (exact) mass is 446 g/mol. The minimum atomic E-state index is -3.69. The maximum Gasteiger partial charge on any atom is 0.335 e. The van der Waals surface area contributed by atoms with E-state index < -0.39 is 53.6 Å². The number of ether oxygens (including phenoxy) is 2. The summed E-state index contributed by atoms with van der Waals surface area (Å²) in [5.41, 5.74) is -3.03. The highest BCUT2D eigenvalue weighted by Gasteiger charge is 2.63. The highest BCUT2D eigenvalue weighted by Crippen LogP contribution is 2.40. The number of hydrogen-bond donors (Lipinski definition) is 1. The molecule has 0 bridgehead atoms. The molecule has 0 aliphatic carbocycles. The number of alkyl halides is 2. The summed E-state index contributed by atoms with van der Waals surface area (Å²) in [4.78, 5) is 29.7. The number of oxime groups is 1. The molecule has 0 saturated carbocycles. The van der Waals surface area contributed by atoms with Crippen LogP contribution in [0, 0.1) is 11.6 Å². The molecule has 3 rings (SSSR count). The molecule has 31 heavy (non-hydrogen) atoms. The first-order chi connectivity index (χ1) is 14.4. The van der Waals surface area contributed by atoms with Crippen molar-refractivity contribution in [3.63, 3.8) is 0 Å². The van der Waals surface area contributed by atoms with Gasteiger partial charge in [0.1, 0.15) is 11.6 Å². The van der Waals surface area contributed by atoms with Gasteiger partial charge in [-0.2, -0.15) is 0 Å². The van der Waals surface area contributed by atoms with Gasteiger partial charge in [-0.05, 0) is 26.0 Å². The molecule has 0 unspecified atom stereocenters. The SMILES string of the molecule is CC(C)OC(=O)[C@H]1C[C@@H](NC(=O)[C@@]2(C(C)(F)F)CC(c3cc(F)cc(F)c3)=NO2)CO1. The van der Waals surface area contributed by atoms with Gasteiger partial charge in [0.15, 0.2) is 6.10 Å². The summed E-state index contributed by atoms with van der Waals surface area (Å²) < 4.78 is 66.3. The Kier molecular flexibility index (Phi) is 6.26. The van der Waals surface area contributed by atoms with E-state index in [0.29, 0.717) is 13.0 Å². The van der Waals surface area contributed by atoms with Crippen molar-refractivity contribution in [2.24, 2.45) is 5.16 Å². The molecule has 1 aromatic carbocycles. The molecule has 0 radical (unpaired) electrons. The summed E-state index contributed by atoms with van der Waals surface area (Å²) in [6, 6.07) is 1.69. The molecule has 1 saturated heterocycles. The second-order valence-corrected chi connectivity index (χ2v) is 7.89. The molecule has 3 atom stereocenters. The Morgan fingerprint density at radius 1 is 1.26 bits per heavy atom. The van der Waals surface area contributed by atoms with E-state index in [-0.39, 0.29) is 30.4 Å². The maximum atomic E-state index is 14.5. The zero-order valence-corrected chi connectivity index (χ0v) is 17.1. The Hall–Kier alpha value is -2.69. The topological polar surface area (TPSA) is 86.2 Å². The smallest absolute Gasteiger partial charge is 0.335 e. The molecular weight excluding hydrogens is 424 g/mol. The van der Waals surface area contributed by atoms with Crippen molar-refractivity contribution in [2.45, 2.75) is 63.4 Å². The van der Waals surface area contributed by atoms with E-state index in [2.05, 4.69) is 10.5 Å². The Labute approximate surface area is 175 Å². The largest absolute Gasteiger partial charge is 0.461 e. The number of carbonyl (C=O) groups is 2. The van der Waals surface area contributed by atoms with Crippen LogP contribution in [0.25, 0.3) is 0 Å². The van der Waals surface area contributed by atoms with E-state index in [4.69, 9.17) is 14.3 Å². The van der Waals surface area contributed by atoms with Gasteiger partial charge in [0.25, 0.3) is 17.4 Å². The Balaban J connectivity index is 1.72. The molecule has 2 aliphatic rings. The summed E-state index contributed by atoms with van der Waals surface area (Å²) in [6.45, 7) is 3.74. The van der Waals surface area contributed by atoms with Crippen LogP contribution in [0.2, 0.25) is 0 Å². The van der Waals surface area contributed by atoms with Gasteiger partial charge in [-0.15, -0.1) is 0 Å². The average molecular weight is 446 g/mol. The van der Waals surface area contributed by atoms with Crippen LogP contribution in [-0.2, 0) is 23.9 Å². The van der Waals surface area contributed by atoms with Crippen molar-refractivity contribution in [1.29, 1.82) is 0 Å². The van der Waals surface area contributed by atoms with Crippen molar-refractivity contribution in [2.75, 3.05) is 6.61 Å². The van der Waals surface area contributed by atoms with E-state index in [1.54, 1.807) is 13.8 Å². The Morgan fingerprint density at radius 2 is 1.90 bits per heavy atom. The molecule has 0 aromatic heterocycles. The number of amides is 1. The average Bonchev–Trinajstić information content (AvgIpc) is 3.27. The van der Waals surface area contributed by atoms with Gasteiger partial charge < -0.3 is 19.6 Å². The molecule has 170 valence electrons. The summed E-state index contributed by atoms with van der Waals surface area (Å²) >= 11 is 0. The molecule has 2 aliphatic heterocycles. The summed E-state index contributed by atoms with van der Waals surface area (Å²) in [7, 11) is 0. The van der Waals surface area contributed by atoms with Gasteiger partial charge in [-0.1, -0.05) is 5.16 Å². The Bertz CT molecular complexity index is 882. The third-order valence-electron chi connectivity index (χ3n) is 4.95. The highest BCUT2D eigenvalue weighted by atomic mass is 19.3. The van der Waals surface area contributed by atoms with Gasteiger partial charge in [0, 0.05) is 25.0 Å². The van der Waals surface area contributed by atoms with Gasteiger partial charge in [-0.3, -0.25) is 4.79 Å². The Morgan fingerprint density at radius 3 is 2.48 bits per heavy atom. The van der Waals surface area contributed by atoms with Crippen LogP contribution in [0.3, 0.4) is 0 Å². The van der Waals surface area contributed by atoms with Crippen molar-refractivity contribution in [1.82, 2.24) is 5.32 Å². The standard InChI is InChI=1S/C20H22F4N2O5/c1-10(2)30-17(27)16-7-14(9-29-16)25-18(28)20(19(3,23)24)8-15(26-31-20)11-4-12(21)6-13(22)5-11/h4-6,10,14,16H,7-9H2,1-3H3,(H,25,28)/t14-,16-,20-/m1/s1. The summed E-state index contributed by atoms with van der Waals surface area (Å²) in [6.07, 6.45) is -1.97. The second kappa shape index (κ2) is 8.45. The minimum Gasteiger partial charge on any atom is -0.461 e. The number of carbonyl (C=O) groups excluding carboxylic acids is 2. The first-order valence-corrected chi connectivity index (χ1v) is 9.63. The van der Waals surface area contributed by atoms with Crippen LogP contribution < -0.4 is 5.32 Å². The fraction of sp³-hybridized carbons (Fsp3) is 0.550. The fourth-order valence-corrected chi connectivity index (χ4v) is 3.37. The van der Waals surface area contributed by atoms with Crippen LogP contribution in [0.4, 0.5) is 17.6 Å². The van der Waals surface area contributed by atoms with Gasteiger partial charge in [0.05, 0.1) is 30.9 Å². The third kappa shape index (κ3) is 4.81. The number of hydrogen-bond acceptors (Lipinski definition) is 6. The van der Waals surface area contributed by atoms with E-state index in [0.717, 1.165) is 12.1 Å². The molecule has 0 spiro atoms. The van der Waals surface area contributed by atoms with Crippen molar-refractivity contribution >= 4 is 17.6 Å². The zero-order chi connectivity index (χ0) is 23.0. The second-order valence-electron chi connectivity index (χ2n) is 7.89. The van der Waals surface area contributed by atoms with Crippen molar-refractivity contribution in [3.8, 4) is 0 Å². The number of esters is 1. The van der Waals surface area contributed by atoms with E-state index in [1.807, 2.05) is 0 Å². The van der Waals surface area contributed by atoms with E-state index in [9.17, 15) is 27.2 Å². The number of rotatable bonds is 6. The lowest BCUT2D eigenvalue weighted by Crippen LogP contribution is -2.59. The van der Waals surface area contributed by atoms with Gasteiger partial charge in [-0.25, -0.2) is 22.4 Å². The van der Waals surface area contributed by atoms with E-state index >= 15 is 0 Å². The molecule has 1 aromatic rings. The molecule has 2 heterocycles. The lowest BCUT2D eigenvalue weighted by molar-refractivity contribution is -0.195. The quantitative estimate of drug-likeness (QED) is 0.537. The predicted octanol–water partition coefficient (Wildman–Crippen LogP) is 2.71. The van der Waals surface area contributed by atoms with Crippen LogP contribution in [0.1, 0.15) is 39.2 Å². The zero-order valence-electron chi connectivity index (χ0n) is 17.1. The molecule has 1 fully saturated rings. The summed E-state index contributed by atoms with van der Waals surface area (Å²) in [5.74, 6) is -7.33. The highest BCUT2D eigenvalue weighted by molar-refractivity contribution is 6.06.